The van der Waals surface area contributed by atoms with Crippen LogP contribution in [0.4, 0.5) is 0 Å². The van der Waals surface area contributed by atoms with Gasteiger partial charge in [0.2, 0.25) is 0 Å². The number of aryl methyl sites for hydroxylation is 1. The number of rotatable bonds is 3. The maximum atomic E-state index is 10.7. The normalized spacial score (nSPS) is 12.4. The second-order valence-corrected chi connectivity index (χ2v) is 5.79. The lowest BCUT2D eigenvalue weighted by atomic mass is 9.99. The van der Waals surface area contributed by atoms with Crippen LogP contribution in [0.1, 0.15) is 17.2 Å². The zero-order valence-corrected chi connectivity index (χ0v) is 13.4. The first kappa shape index (κ1) is 15.1. The van der Waals surface area contributed by atoms with Crippen molar-refractivity contribution >= 4 is 23.2 Å². The van der Waals surface area contributed by atoms with Crippen LogP contribution in [0.15, 0.2) is 54.6 Å². The fourth-order valence-electron chi connectivity index (χ4n) is 2.38. The van der Waals surface area contributed by atoms with E-state index in [2.05, 4.69) is 5.10 Å². The first-order valence-electron chi connectivity index (χ1n) is 6.79. The third kappa shape index (κ3) is 2.75. The molecular weight excluding hydrogens is 319 g/mol. The standard InChI is InChI=1S/C17H14Cl2N2O/c1-21-17(19)14(15(20-21)11-5-3-2-4-6-11)16(22)12-7-9-13(18)10-8-12/h2-10,16,22H,1H3/t16-/m1/s1. The molecule has 112 valence electrons. The Morgan fingerprint density at radius 1 is 1.00 bits per heavy atom. The molecule has 1 aromatic heterocycles. The van der Waals surface area contributed by atoms with Crippen molar-refractivity contribution in [3.8, 4) is 11.3 Å². The SMILES string of the molecule is Cn1nc(-c2ccccc2)c([C@H](O)c2ccc(Cl)cc2)c1Cl. The van der Waals surface area contributed by atoms with Gasteiger partial charge in [0.25, 0.3) is 0 Å². The van der Waals surface area contributed by atoms with Crippen molar-refractivity contribution in [3.63, 3.8) is 0 Å². The van der Waals surface area contributed by atoms with E-state index < -0.39 is 6.10 Å². The van der Waals surface area contributed by atoms with Crippen LogP contribution < -0.4 is 0 Å². The molecule has 0 fully saturated rings. The van der Waals surface area contributed by atoms with Crippen molar-refractivity contribution < 1.29 is 5.11 Å². The van der Waals surface area contributed by atoms with Gasteiger partial charge < -0.3 is 5.11 Å². The molecule has 0 aliphatic carbocycles. The molecule has 0 unspecified atom stereocenters. The van der Waals surface area contributed by atoms with Crippen LogP contribution in [0.3, 0.4) is 0 Å². The molecule has 0 aliphatic rings. The predicted octanol–water partition coefficient (Wildman–Crippen LogP) is 4.48. The summed E-state index contributed by atoms with van der Waals surface area (Å²) in [5, 5.41) is 16.2. The lowest BCUT2D eigenvalue weighted by molar-refractivity contribution is 0.221. The summed E-state index contributed by atoms with van der Waals surface area (Å²) in [5.74, 6) is 0. The van der Waals surface area contributed by atoms with Crippen molar-refractivity contribution in [1.29, 1.82) is 0 Å². The molecule has 1 heterocycles. The largest absolute Gasteiger partial charge is 0.383 e. The van der Waals surface area contributed by atoms with Gasteiger partial charge in [-0.3, -0.25) is 4.68 Å². The Labute approximate surface area is 138 Å². The molecule has 0 spiro atoms. The second kappa shape index (κ2) is 6.13. The van der Waals surface area contributed by atoms with Crippen LogP contribution in [-0.2, 0) is 7.05 Å². The quantitative estimate of drug-likeness (QED) is 0.768. The average Bonchev–Trinajstić information content (AvgIpc) is 2.84. The summed E-state index contributed by atoms with van der Waals surface area (Å²) in [7, 11) is 1.76. The summed E-state index contributed by atoms with van der Waals surface area (Å²) in [4.78, 5) is 0. The molecule has 3 aromatic rings. The van der Waals surface area contributed by atoms with E-state index in [1.54, 1.807) is 36.0 Å². The van der Waals surface area contributed by atoms with Crippen LogP contribution in [0.25, 0.3) is 11.3 Å². The molecule has 5 heteroatoms. The Morgan fingerprint density at radius 2 is 1.64 bits per heavy atom. The summed E-state index contributed by atoms with van der Waals surface area (Å²) in [6, 6.07) is 16.7. The number of nitrogens with zero attached hydrogens (tertiary/aromatic N) is 2. The third-order valence-corrected chi connectivity index (χ3v) is 4.22. The van der Waals surface area contributed by atoms with Gasteiger partial charge in [-0.25, -0.2) is 0 Å². The van der Waals surface area contributed by atoms with Crippen LogP contribution in [0, 0.1) is 0 Å². The minimum Gasteiger partial charge on any atom is -0.383 e. The smallest absolute Gasteiger partial charge is 0.133 e. The van der Waals surface area contributed by atoms with Crippen LogP contribution in [0.2, 0.25) is 10.2 Å². The van der Waals surface area contributed by atoms with Gasteiger partial charge in [0.05, 0.1) is 5.56 Å². The van der Waals surface area contributed by atoms with E-state index in [0.29, 0.717) is 21.4 Å². The van der Waals surface area contributed by atoms with Crippen LogP contribution in [-0.4, -0.2) is 14.9 Å². The molecule has 0 radical (unpaired) electrons. The minimum atomic E-state index is -0.867. The van der Waals surface area contributed by atoms with Crippen molar-refractivity contribution in [2.45, 2.75) is 6.10 Å². The van der Waals surface area contributed by atoms with Crippen molar-refractivity contribution in [3.05, 3.63) is 75.9 Å². The van der Waals surface area contributed by atoms with E-state index in [4.69, 9.17) is 23.2 Å². The Kier molecular flexibility index (Phi) is 4.21. The van der Waals surface area contributed by atoms with E-state index in [1.165, 1.54) is 0 Å². The van der Waals surface area contributed by atoms with E-state index >= 15 is 0 Å². The number of halogens is 2. The number of aliphatic hydroxyl groups is 1. The van der Waals surface area contributed by atoms with Crippen molar-refractivity contribution in [1.82, 2.24) is 9.78 Å². The lowest BCUT2D eigenvalue weighted by Crippen LogP contribution is -2.01. The molecule has 1 atom stereocenters. The molecule has 0 bridgehead atoms. The summed E-state index contributed by atoms with van der Waals surface area (Å²) in [5.41, 5.74) is 2.90. The van der Waals surface area contributed by atoms with E-state index in [1.807, 2.05) is 30.3 Å². The number of aromatic nitrogens is 2. The monoisotopic (exact) mass is 332 g/mol. The number of benzene rings is 2. The number of aliphatic hydroxyl groups excluding tert-OH is 1. The molecular formula is C17H14Cl2N2O. The highest BCUT2D eigenvalue weighted by molar-refractivity contribution is 6.31. The maximum absolute atomic E-state index is 10.7. The zero-order valence-electron chi connectivity index (χ0n) is 11.9. The number of hydrogen-bond donors (Lipinski definition) is 1. The van der Waals surface area contributed by atoms with E-state index in [9.17, 15) is 5.11 Å². The Bertz CT molecular complexity index is 782. The van der Waals surface area contributed by atoms with E-state index in [-0.39, 0.29) is 0 Å². The topological polar surface area (TPSA) is 38.0 Å². The summed E-state index contributed by atoms with van der Waals surface area (Å²) >= 11 is 12.3. The van der Waals surface area contributed by atoms with Gasteiger partial charge >= 0.3 is 0 Å². The van der Waals surface area contributed by atoms with Gasteiger partial charge in [0, 0.05) is 17.6 Å². The highest BCUT2D eigenvalue weighted by Crippen LogP contribution is 2.36. The summed E-state index contributed by atoms with van der Waals surface area (Å²) < 4.78 is 1.57. The van der Waals surface area contributed by atoms with Gasteiger partial charge in [0.15, 0.2) is 0 Å². The molecule has 0 saturated heterocycles. The molecule has 1 N–H and O–H groups in total. The van der Waals surface area contributed by atoms with E-state index in [0.717, 1.165) is 11.1 Å². The molecule has 3 nitrogen and oxygen atoms in total. The Hall–Kier alpha value is -1.81. The zero-order chi connectivity index (χ0) is 15.7. The fourth-order valence-corrected chi connectivity index (χ4v) is 2.74. The van der Waals surface area contributed by atoms with Crippen LogP contribution in [0.5, 0.6) is 0 Å². The fraction of sp³-hybridized carbons (Fsp3) is 0.118. The molecule has 2 aromatic carbocycles. The lowest BCUT2D eigenvalue weighted by Gasteiger charge is -2.12. The molecule has 22 heavy (non-hydrogen) atoms. The third-order valence-electron chi connectivity index (χ3n) is 3.52. The Morgan fingerprint density at radius 3 is 2.27 bits per heavy atom. The predicted molar refractivity (Wildman–Crippen MR) is 89.2 cm³/mol. The van der Waals surface area contributed by atoms with Gasteiger partial charge in [-0.05, 0) is 17.7 Å². The highest BCUT2D eigenvalue weighted by Gasteiger charge is 2.24. The van der Waals surface area contributed by atoms with Gasteiger partial charge in [0.1, 0.15) is 17.0 Å². The van der Waals surface area contributed by atoms with Crippen LogP contribution >= 0.6 is 23.2 Å². The average molecular weight is 333 g/mol. The van der Waals surface area contributed by atoms with Crippen molar-refractivity contribution in [2.24, 2.45) is 7.05 Å². The van der Waals surface area contributed by atoms with Gasteiger partial charge in [-0.2, -0.15) is 5.10 Å². The Balaban J connectivity index is 2.12. The first-order valence-corrected chi connectivity index (χ1v) is 7.55. The summed E-state index contributed by atoms with van der Waals surface area (Å²) in [6.07, 6.45) is -0.867. The summed E-state index contributed by atoms with van der Waals surface area (Å²) in [6.45, 7) is 0. The molecule has 3 rings (SSSR count). The highest BCUT2D eigenvalue weighted by atomic mass is 35.5. The number of hydrogen-bond acceptors (Lipinski definition) is 2. The second-order valence-electron chi connectivity index (χ2n) is 5.00. The van der Waals surface area contributed by atoms with Crippen molar-refractivity contribution in [2.75, 3.05) is 0 Å². The molecule has 0 aliphatic heterocycles. The van der Waals surface area contributed by atoms with Gasteiger partial charge in [-0.15, -0.1) is 0 Å². The molecule has 0 amide bonds. The minimum absolute atomic E-state index is 0.418. The van der Waals surface area contributed by atoms with Gasteiger partial charge in [-0.1, -0.05) is 65.7 Å². The maximum Gasteiger partial charge on any atom is 0.133 e. The molecule has 0 saturated carbocycles. The first-order chi connectivity index (χ1) is 10.6.